The van der Waals surface area contributed by atoms with Crippen LogP contribution >= 0.6 is 11.3 Å². The van der Waals surface area contributed by atoms with Crippen molar-refractivity contribution < 1.29 is 14.3 Å². The molecular formula is C11H13NO3S. The Labute approximate surface area is 97.9 Å². The van der Waals surface area contributed by atoms with Crippen molar-refractivity contribution in [1.29, 1.82) is 0 Å². The van der Waals surface area contributed by atoms with E-state index >= 15 is 0 Å². The number of ether oxygens (including phenoxy) is 2. The number of thiazole rings is 1. The number of aromatic nitrogens is 1. The van der Waals surface area contributed by atoms with Crippen molar-refractivity contribution in [2.24, 2.45) is 0 Å². The summed E-state index contributed by atoms with van der Waals surface area (Å²) < 4.78 is 10.5. The molecule has 0 aromatic carbocycles. The van der Waals surface area contributed by atoms with E-state index in [0.717, 1.165) is 24.3 Å². The van der Waals surface area contributed by atoms with Crippen LogP contribution in [0.25, 0.3) is 0 Å². The average Bonchev–Trinajstić information content (AvgIpc) is 2.94. The Hall–Kier alpha value is -1.20. The van der Waals surface area contributed by atoms with E-state index in [0.29, 0.717) is 5.69 Å². The second-order valence-electron chi connectivity index (χ2n) is 3.45. The van der Waals surface area contributed by atoms with Gasteiger partial charge in [-0.1, -0.05) is 12.7 Å². The molecule has 0 radical (unpaired) electrons. The summed E-state index contributed by atoms with van der Waals surface area (Å²) in [5.41, 5.74) is 2.04. The van der Waals surface area contributed by atoms with Gasteiger partial charge in [0.05, 0.1) is 16.5 Å². The molecule has 0 spiro atoms. The van der Waals surface area contributed by atoms with E-state index in [2.05, 4.69) is 11.6 Å². The van der Waals surface area contributed by atoms with E-state index in [4.69, 9.17) is 9.47 Å². The fourth-order valence-corrected chi connectivity index (χ4v) is 2.48. The van der Waals surface area contributed by atoms with E-state index < -0.39 is 5.97 Å². The maximum absolute atomic E-state index is 11.7. The molecule has 1 saturated heterocycles. The lowest BCUT2D eigenvalue weighted by Crippen LogP contribution is -2.09. The van der Waals surface area contributed by atoms with Gasteiger partial charge in [0.1, 0.15) is 6.61 Å². The third-order valence-corrected chi connectivity index (χ3v) is 3.26. The molecule has 1 fully saturated rings. The zero-order valence-corrected chi connectivity index (χ0v) is 9.66. The maximum atomic E-state index is 11.7. The van der Waals surface area contributed by atoms with Gasteiger partial charge in [0.25, 0.3) is 0 Å². The van der Waals surface area contributed by atoms with Crippen LogP contribution in [-0.4, -0.2) is 24.2 Å². The number of hydrogen-bond donors (Lipinski definition) is 0. The zero-order chi connectivity index (χ0) is 11.4. The van der Waals surface area contributed by atoms with Gasteiger partial charge in [0, 0.05) is 6.61 Å². The molecule has 1 aromatic heterocycles. The van der Waals surface area contributed by atoms with Gasteiger partial charge in [0.2, 0.25) is 0 Å². The molecule has 1 aromatic rings. The largest absolute Gasteiger partial charge is 0.457 e. The first-order valence-electron chi connectivity index (χ1n) is 5.16. The van der Waals surface area contributed by atoms with Crippen LogP contribution in [0.5, 0.6) is 0 Å². The molecule has 0 N–H and O–H groups in total. The number of carbonyl (C=O) groups excluding carboxylic acids is 1. The molecule has 16 heavy (non-hydrogen) atoms. The molecule has 1 atom stereocenters. The quantitative estimate of drug-likeness (QED) is 0.597. The van der Waals surface area contributed by atoms with E-state index in [9.17, 15) is 4.79 Å². The minimum absolute atomic E-state index is 0.0128. The highest BCUT2D eigenvalue weighted by Crippen LogP contribution is 2.33. The van der Waals surface area contributed by atoms with Crippen molar-refractivity contribution in [3.05, 3.63) is 28.7 Å². The van der Waals surface area contributed by atoms with Gasteiger partial charge in [-0.25, -0.2) is 9.78 Å². The van der Waals surface area contributed by atoms with Gasteiger partial charge in [0.15, 0.2) is 5.69 Å². The third kappa shape index (κ3) is 2.31. The molecule has 2 rings (SSSR count). The summed E-state index contributed by atoms with van der Waals surface area (Å²) in [6.07, 6.45) is 3.53. The van der Waals surface area contributed by atoms with Gasteiger partial charge < -0.3 is 9.47 Å². The summed E-state index contributed by atoms with van der Waals surface area (Å²) in [6, 6.07) is 0. The van der Waals surface area contributed by atoms with Crippen LogP contribution in [0, 0.1) is 0 Å². The summed E-state index contributed by atoms with van der Waals surface area (Å²) in [7, 11) is 0. The molecule has 86 valence electrons. The number of nitrogens with zero attached hydrogens (tertiary/aromatic N) is 1. The maximum Gasteiger partial charge on any atom is 0.358 e. The van der Waals surface area contributed by atoms with Gasteiger partial charge in [-0.2, -0.15) is 0 Å². The van der Waals surface area contributed by atoms with Crippen LogP contribution in [0.3, 0.4) is 0 Å². The minimum atomic E-state index is -0.397. The fraction of sp³-hybridized carbons (Fsp3) is 0.455. The molecular weight excluding hydrogens is 226 g/mol. The summed E-state index contributed by atoms with van der Waals surface area (Å²) in [4.78, 5) is 16.6. The van der Waals surface area contributed by atoms with E-state index in [1.807, 2.05) is 0 Å². The standard InChI is InChI=1S/C11H13NO3S/c1-2-5-15-11(13)9-10(16-7-12-9)8-4-3-6-14-8/h2,7-8H,1,3-6H2/t8-/m1/s1. The monoisotopic (exact) mass is 239 g/mol. The van der Waals surface area contributed by atoms with Gasteiger partial charge >= 0.3 is 5.97 Å². The van der Waals surface area contributed by atoms with Gasteiger partial charge in [-0.05, 0) is 12.8 Å². The predicted molar refractivity (Wildman–Crippen MR) is 60.5 cm³/mol. The Morgan fingerprint density at radius 2 is 2.69 bits per heavy atom. The highest BCUT2D eigenvalue weighted by Gasteiger charge is 2.26. The molecule has 0 saturated carbocycles. The summed E-state index contributed by atoms with van der Waals surface area (Å²) in [5, 5.41) is 0. The second kappa shape index (κ2) is 5.23. The van der Waals surface area contributed by atoms with E-state index in [1.165, 1.54) is 17.4 Å². The first kappa shape index (κ1) is 11.3. The van der Waals surface area contributed by atoms with Crippen LogP contribution in [0.4, 0.5) is 0 Å². The summed E-state index contributed by atoms with van der Waals surface area (Å²) in [5.74, 6) is -0.397. The lowest BCUT2D eigenvalue weighted by atomic mass is 10.2. The van der Waals surface area contributed by atoms with Crippen molar-refractivity contribution in [3.8, 4) is 0 Å². The highest BCUT2D eigenvalue weighted by molar-refractivity contribution is 7.10. The van der Waals surface area contributed by atoms with Crippen molar-refractivity contribution in [1.82, 2.24) is 4.98 Å². The number of carbonyl (C=O) groups is 1. The van der Waals surface area contributed by atoms with Crippen LogP contribution in [0.2, 0.25) is 0 Å². The van der Waals surface area contributed by atoms with Crippen molar-refractivity contribution in [3.63, 3.8) is 0 Å². The molecule has 0 bridgehead atoms. The topological polar surface area (TPSA) is 48.4 Å². The SMILES string of the molecule is C=CCOC(=O)c1ncsc1[C@H]1CCCO1. The fourth-order valence-electron chi connectivity index (χ4n) is 1.62. The van der Waals surface area contributed by atoms with Crippen LogP contribution in [0.15, 0.2) is 18.2 Å². The Morgan fingerprint density at radius 3 is 3.38 bits per heavy atom. The van der Waals surface area contributed by atoms with E-state index in [1.54, 1.807) is 5.51 Å². The smallest absolute Gasteiger partial charge is 0.358 e. The van der Waals surface area contributed by atoms with E-state index in [-0.39, 0.29) is 12.7 Å². The Bertz CT molecular complexity index is 382. The van der Waals surface area contributed by atoms with Gasteiger partial charge in [-0.3, -0.25) is 0 Å². The predicted octanol–water partition coefficient (Wildman–Crippen LogP) is 2.34. The Balaban J connectivity index is 2.11. The van der Waals surface area contributed by atoms with Crippen molar-refractivity contribution in [2.45, 2.75) is 18.9 Å². The first-order chi connectivity index (χ1) is 7.83. The molecule has 0 amide bonds. The summed E-state index contributed by atoms with van der Waals surface area (Å²) >= 11 is 1.45. The second-order valence-corrected chi connectivity index (χ2v) is 4.34. The molecule has 0 unspecified atom stereocenters. The Kier molecular flexibility index (Phi) is 3.69. The highest BCUT2D eigenvalue weighted by atomic mass is 32.1. The zero-order valence-electron chi connectivity index (χ0n) is 8.85. The number of hydrogen-bond acceptors (Lipinski definition) is 5. The lowest BCUT2D eigenvalue weighted by molar-refractivity contribution is 0.0532. The molecule has 1 aliphatic rings. The Morgan fingerprint density at radius 1 is 1.81 bits per heavy atom. The normalized spacial score (nSPS) is 19.6. The number of rotatable bonds is 4. The third-order valence-electron chi connectivity index (χ3n) is 2.34. The van der Waals surface area contributed by atoms with Gasteiger partial charge in [-0.15, -0.1) is 11.3 Å². The van der Waals surface area contributed by atoms with Crippen LogP contribution in [-0.2, 0) is 9.47 Å². The van der Waals surface area contributed by atoms with Crippen molar-refractivity contribution in [2.75, 3.05) is 13.2 Å². The molecule has 5 heteroatoms. The summed E-state index contributed by atoms with van der Waals surface area (Å²) in [6.45, 7) is 4.46. The lowest BCUT2D eigenvalue weighted by Gasteiger charge is -2.08. The van der Waals surface area contributed by atoms with Crippen LogP contribution in [0.1, 0.15) is 34.3 Å². The average molecular weight is 239 g/mol. The molecule has 0 aliphatic carbocycles. The molecule has 2 heterocycles. The first-order valence-corrected chi connectivity index (χ1v) is 6.04. The molecule has 4 nitrogen and oxygen atoms in total. The van der Waals surface area contributed by atoms with Crippen LogP contribution < -0.4 is 0 Å². The molecule has 1 aliphatic heterocycles. The number of esters is 1. The minimum Gasteiger partial charge on any atom is -0.457 e. The van der Waals surface area contributed by atoms with Crippen molar-refractivity contribution >= 4 is 17.3 Å².